The van der Waals surface area contributed by atoms with E-state index in [2.05, 4.69) is 169 Å². The van der Waals surface area contributed by atoms with E-state index in [0.717, 1.165) is 83.2 Å². The highest BCUT2D eigenvalue weighted by Gasteiger charge is 2.25. The summed E-state index contributed by atoms with van der Waals surface area (Å²) in [7, 11) is 0. The topological polar surface area (TPSA) is 29.5 Å². The van der Waals surface area contributed by atoms with Crippen LogP contribution < -0.4 is 4.90 Å². The molecule has 0 saturated heterocycles. The summed E-state index contributed by atoms with van der Waals surface area (Å²) in [5.74, 6) is 0. The molecule has 3 nitrogen and oxygen atoms in total. The minimum atomic E-state index is 0.852. The van der Waals surface area contributed by atoms with Crippen molar-refractivity contribution in [3.63, 3.8) is 0 Å². The number of benzene rings is 8. The molecule has 0 radical (unpaired) electrons. The fourth-order valence-electron chi connectivity index (χ4n) is 7.45. The van der Waals surface area contributed by atoms with Crippen LogP contribution in [0.25, 0.3) is 76.9 Å². The number of fused-ring (bicyclic) bond motifs is 7. The molecule has 0 N–H and O–H groups in total. The molecule has 0 unspecified atom stereocenters. The second-order valence-corrected chi connectivity index (χ2v) is 12.5. The largest absolute Gasteiger partial charge is 0.456 e. The molecule has 3 heteroatoms. The molecule has 0 atom stereocenters. The van der Waals surface area contributed by atoms with Gasteiger partial charge in [-0.15, -0.1) is 0 Å². The van der Waals surface area contributed by atoms with Crippen LogP contribution in [0.1, 0.15) is 0 Å². The van der Waals surface area contributed by atoms with E-state index in [1.54, 1.807) is 0 Å². The summed E-state index contributed by atoms with van der Waals surface area (Å²) in [6.07, 6.45) is 0. The predicted molar refractivity (Wildman–Crippen MR) is 204 cm³/mol. The predicted octanol–water partition coefficient (Wildman–Crippen LogP) is 13.4. The van der Waals surface area contributed by atoms with Crippen LogP contribution in [0, 0.1) is 0 Å². The second kappa shape index (κ2) is 11.0. The fourth-order valence-corrected chi connectivity index (χ4v) is 7.45. The zero-order chi connectivity index (χ0) is 32.3. The number of anilines is 3. The zero-order valence-corrected chi connectivity index (χ0v) is 26.5. The molecule has 0 bridgehead atoms. The molecule has 0 fully saturated rings. The monoisotopic (exact) mass is 627 g/mol. The average molecular weight is 628 g/mol. The van der Waals surface area contributed by atoms with Crippen LogP contribution >= 0.6 is 0 Å². The van der Waals surface area contributed by atoms with Gasteiger partial charge in [-0.3, -0.25) is 0 Å². The van der Waals surface area contributed by atoms with Crippen molar-refractivity contribution in [2.45, 2.75) is 0 Å². The molecule has 0 saturated carbocycles. The van der Waals surface area contributed by atoms with Crippen LogP contribution in [-0.4, -0.2) is 0 Å². The zero-order valence-electron chi connectivity index (χ0n) is 26.5. The SMILES string of the molecule is c1ccc(-c2ccccc2N(c2ccccc2-c2cccc3c2oc2cc4ccccc4cc23)c2cccc3oc4ccccc4c23)cc1. The number of hydrogen-bond donors (Lipinski definition) is 0. The molecule has 230 valence electrons. The Morgan fingerprint density at radius 1 is 0.347 bits per heavy atom. The molecule has 0 spiro atoms. The third kappa shape index (κ3) is 4.37. The van der Waals surface area contributed by atoms with E-state index in [0.29, 0.717) is 0 Å². The fraction of sp³-hybridized carbons (Fsp3) is 0. The van der Waals surface area contributed by atoms with Gasteiger partial charge in [-0.2, -0.15) is 0 Å². The first-order valence-corrected chi connectivity index (χ1v) is 16.6. The Bertz CT molecular complexity index is 2840. The van der Waals surface area contributed by atoms with Crippen LogP contribution in [0.3, 0.4) is 0 Å². The molecular formula is C46H29NO2. The van der Waals surface area contributed by atoms with Gasteiger partial charge in [-0.05, 0) is 58.8 Å². The van der Waals surface area contributed by atoms with Gasteiger partial charge in [0.2, 0.25) is 0 Å². The standard InChI is InChI=1S/C46H29NO2/c1-2-14-30(15-3-1)33-18-6-9-23-39(33)47(41-25-13-27-43-45(41)37-20-8-11-26-42(37)48-43)40-24-10-7-19-34(40)35-21-12-22-36-38-28-31-16-4-5-17-32(31)29-44(38)49-46(35)36/h1-29H. The Morgan fingerprint density at radius 2 is 0.939 bits per heavy atom. The Kier molecular flexibility index (Phi) is 6.18. The first-order valence-electron chi connectivity index (χ1n) is 16.6. The van der Waals surface area contributed by atoms with Crippen LogP contribution in [0.2, 0.25) is 0 Å². The lowest BCUT2D eigenvalue weighted by atomic mass is 9.97. The summed E-state index contributed by atoms with van der Waals surface area (Å²) in [5.41, 5.74) is 11.0. The maximum atomic E-state index is 6.77. The third-order valence-corrected chi connectivity index (χ3v) is 9.65. The maximum absolute atomic E-state index is 6.77. The highest BCUT2D eigenvalue weighted by molar-refractivity contribution is 6.16. The summed E-state index contributed by atoms with van der Waals surface area (Å²) in [6.45, 7) is 0. The van der Waals surface area contributed by atoms with E-state index < -0.39 is 0 Å². The van der Waals surface area contributed by atoms with Gasteiger partial charge in [-0.1, -0.05) is 133 Å². The molecule has 49 heavy (non-hydrogen) atoms. The number of para-hydroxylation sites is 4. The Labute approximate surface area is 282 Å². The van der Waals surface area contributed by atoms with E-state index >= 15 is 0 Å². The van der Waals surface area contributed by atoms with Crippen molar-refractivity contribution in [3.8, 4) is 22.3 Å². The van der Waals surface area contributed by atoms with Crippen molar-refractivity contribution in [2.75, 3.05) is 4.90 Å². The average Bonchev–Trinajstić information content (AvgIpc) is 3.73. The van der Waals surface area contributed by atoms with Crippen molar-refractivity contribution in [3.05, 3.63) is 176 Å². The first kappa shape index (κ1) is 27.5. The Morgan fingerprint density at radius 3 is 1.80 bits per heavy atom. The summed E-state index contributed by atoms with van der Waals surface area (Å²) >= 11 is 0. The normalized spacial score (nSPS) is 11.7. The summed E-state index contributed by atoms with van der Waals surface area (Å²) in [4.78, 5) is 2.40. The second-order valence-electron chi connectivity index (χ2n) is 12.5. The molecule has 10 rings (SSSR count). The van der Waals surface area contributed by atoms with Gasteiger partial charge in [0.15, 0.2) is 0 Å². The molecular weight excluding hydrogens is 599 g/mol. The van der Waals surface area contributed by atoms with E-state index in [1.807, 2.05) is 12.1 Å². The van der Waals surface area contributed by atoms with Crippen molar-refractivity contribution < 1.29 is 8.83 Å². The van der Waals surface area contributed by atoms with Crippen LogP contribution in [0.4, 0.5) is 17.1 Å². The Hall–Kier alpha value is -6.58. The van der Waals surface area contributed by atoms with Crippen molar-refractivity contribution >= 4 is 71.7 Å². The third-order valence-electron chi connectivity index (χ3n) is 9.65. The van der Waals surface area contributed by atoms with E-state index in [1.165, 1.54) is 10.8 Å². The minimum Gasteiger partial charge on any atom is -0.456 e. The maximum Gasteiger partial charge on any atom is 0.143 e. The van der Waals surface area contributed by atoms with Gasteiger partial charge < -0.3 is 13.7 Å². The molecule has 0 aliphatic carbocycles. The lowest BCUT2D eigenvalue weighted by Crippen LogP contribution is -2.12. The minimum absolute atomic E-state index is 0.852. The van der Waals surface area contributed by atoms with Gasteiger partial charge in [0, 0.05) is 32.8 Å². The van der Waals surface area contributed by atoms with Crippen molar-refractivity contribution in [1.29, 1.82) is 0 Å². The molecule has 2 heterocycles. The summed E-state index contributed by atoms with van der Waals surface area (Å²) in [6, 6.07) is 61.9. The van der Waals surface area contributed by atoms with Crippen LogP contribution in [0.15, 0.2) is 185 Å². The lowest BCUT2D eigenvalue weighted by molar-refractivity contribution is 0.669. The smallest absolute Gasteiger partial charge is 0.143 e. The molecule has 10 aromatic rings. The molecule has 0 aliphatic rings. The highest BCUT2D eigenvalue weighted by Crippen LogP contribution is 2.49. The molecule has 0 aliphatic heterocycles. The van der Waals surface area contributed by atoms with E-state index in [4.69, 9.17) is 8.83 Å². The number of nitrogens with zero attached hydrogens (tertiary/aromatic N) is 1. The van der Waals surface area contributed by atoms with Gasteiger partial charge >= 0.3 is 0 Å². The Balaban J connectivity index is 1.29. The van der Waals surface area contributed by atoms with Crippen molar-refractivity contribution in [1.82, 2.24) is 0 Å². The quantitative estimate of drug-likeness (QED) is 0.190. The number of rotatable bonds is 5. The van der Waals surface area contributed by atoms with E-state index in [-0.39, 0.29) is 0 Å². The van der Waals surface area contributed by atoms with Gasteiger partial charge in [-0.25, -0.2) is 0 Å². The van der Waals surface area contributed by atoms with Gasteiger partial charge in [0.25, 0.3) is 0 Å². The summed E-state index contributed by atoms with van der Waals surface area (Å²) in [5, 5.41) is 6.75. The van der Waals surface area contributed by atoms with E-state index in [9.17, 15) is 0 Å². The number of furan rings is 2. The molecule has 0 amide bonds. The highest BCUT2D eigenvalue weighted by atomic mass is 16.3. The molecule has 8 aromatic carbocycles. The molecule has 2 aromatic heterocycles. The number of hydrogen-bond acceptors (Lipinski definition) is 3. The lowest BCUT2D eigenvalue weighted by Gasteiger charge is -2.30. The van der Waals surface area contributed by atoms with Crippen LogP contribution in [0.5, 0.6) is 0 Å². The van der Waals surface area contributed by atoms with Crippen molar-refractivity contribution in [2.24, 2.45) is 0 Å². The summed E-state index contributed by atoms with van der Waals surface area (Å²) < 4.78 is 13.2. The van der Waals surface area contributed by atoms with Crippen LogP contribution in [-0.2, 0) is 0 Å². The van der Waals surface area contributed by atoms with Gasteiger partial charge in [0.1, 0.15) is 22.3 Å². The first-order chi connectivity index (χ1) is 24.3. The van der Waals surface area contributed by atoms with Gasteiger partial charge in [0.05, 0.1) is 22.4 Å².